The molecule has 0 radical (unpaired) electrons. The van der Waals surface area contributed by atoms with Crippen molar-refractivity contribution in [1.82, 2.24) is 0 Å². The van der Waals surface area contributed by atoms with Crippen LogP contribution in [-0.2, 0) is 32.7 Å². The smallest absolute Gasteiger partial charge is 0.472 e. The molecule has 0 saturated carbocycles. The first-order chi connectivity index (χ1) is 30.7. The van der Waals surface area contributed by atoms with Crippen molar-refractivity contribution in [2.45, 2.75) is 296 Å². The molecule has 0 rings (SSSR count). The zero-order valence-corrected chi connectivity index (χ0v) is 42.4. The van der Waals surface area contributed by atoms with Crippen molar-refractivity contribution in [2.75, 3.05) is 26.4 Å². The van der Waals surface area contributed by atoms with Crippen LogP contribution in [-0.4, -0.2) is 60.5 Å². The quantitative estimate of drug-likeness (QED) is 0.0305. The summed E-state index contributed by atoms with van der Waals surface area (Å²) in [6, 6.07) is -1.47. The second-order valence-electron chi connectivity index (χ2n) is 18.7. The van der Waals surface area contributed by atoms with Crippen molar-refractivity contribution in [3.8, 4) is 0 Å². The molecular weight excluding hydrogens is 814 g/mol. The number of rotatable bonds is 53. The Morgan fingerprint density at radius 1 is 0.444 bits per heavy atom. The van der Waals surface area contributed by atoms with Gasteiger partial charge in [-0.1, -0.05) is 264 Å². The monoisotopic (exact) mass is 918 g/mol. The van der Waals surface area contributed by atoms with Crippen LogP contribution in [0.4, 0.5) is 0 Å². The van der Waals surface area contributed by atoms with E-state index >= 15 is 0 Å². The summed E-state index contributed by atoms with van der Waals surface area (Å²) < 4.78 is 33.6. The summed E-state index contributed by atoms with van der Waals surface area (Å²) >= 11 is 0. The third kappa shape index (κ3) is 48.7. The largest absolute Gasteiger partial charge is 0.480 e. The van der Waals surface area contributed by atoms with E-state index < -0.39 is 45.1 Å². The van der Waals surface area contributed by atoms with Crippen molar-refractivity contribution in [1.29, 1.82) is 0 Å². The first kappa shape index (κ1) is 62.0. The van der Waals surface area contributed by atoms with E-state index in [0.29, 0.717) is 6.61 Å². The molecular formula is C52H104NO9P. The summed E-state index contributed by atoms with van der Waals surface area (Å²) in [5, 5.41) is 8.94. The number of carbonyl (C=O) groups is 2. The van der Waals surface area contributed by atoms with Crippen molar-refractivity contribution in [3.05, 3.63) is 0 Å². The van der Waals surface area contributed by atoms with Gasteiger partial charge < -0.3 is 25.2 Å². The van der Waals surface area contributed by atoms with Crippen LogP contribution in [0.3, 0.4) is 0 Å². The molecule has 0 aliphatic carbocycles. The summed E-state index contributed by atoms with van der Waals surface area (Å²) in [6.45, 7) is 3.97. The highest BCUT2D eigenvalue weighted by Crippen LogP contribution is 2.43. The van der Waals surface area contributed by atoms with E-state index in [1.165, 1.54) is 225 Å². The number of unbranched alkanes of at least 4 members (excludes halogenated alkanes) is 39. The lowest BCUT2D eigenvalue weighted by Crippen LogP contribution is -2.34. The summed E-state index contributed by atoms with van der Waals surface area (Å²) in [4.78, 5) is 33.7. The van der Waals surface area contributed by atoms with E-state index in [4.69, 9.17) is 29.4 Å². The van der Waals surface area contributed by atoms with E-state index in [1.54, 1.807) is 0 Å². The number of aliphatic carboxylic acids is 1. The summed E-state index contributed by atoms with van der Waals surface area (Å²) in [7, 11) is -4.62. The number of hydrogen-bond donors (Lipinski definition) is 3. The number of carboxylic acids is 1. The molecule has 0 aromatic carbocycles. The van der Waals surface area contributed by atoms with Gasteiger partial charge in [0.2, 0.25) is 0 Å². The van der Waals surface area contributed by atoms with Gasteiger partial charge in [0.1, 0.15) is 12.1 Å². The molecule has 0 bridgehead atoms. The lowest BCUT2D eigenvalue weighted by Gasteiger charge is -2.20. The van der Waals surface area contributed by atoms with E-state index in [-0.39, 0.29) is 13.0 Å². The lowest BCUT2D eigenvalue weighted by molar-refractivity contribution is -0.154. The van der Waals surface area contributed by atoms with Crippen LogP contribution in [0, 0.1) is 0 Å². The summed E-state index contributed by atoms with van der Waals surface area (Å²) in [5.74, 6) is -1.76. The second kappa shape index (κ2) is 48.9. The molecule has 0 saturated heterocycles. The van der Waals surface area contributed by atoms with Crippen LogP contribution in [0.25, 0.3) is 0 Å². The number of hydrogen-bond acceptors (Lipinski definition) is 8. The van der Waals surface area contributed by atoms with Gasteiger partial charge in [0, 0.05) is 13.0 Å². The Labute approximate surface area is 389 Å². The van der Waals surface area contributed by atoms with Crippen LogP contribution >= 0.6 is 7.82 Å². The van der Waals surface area contributed by atoms with E-state index in [9.17, 15) is 19.0 Å². The molecule has 4 N–H and O–H groups in total. The number of esters is 1. The van der Waals surface area contributed by atoms with Gasteiger partial charge in [0.25, 0.3) is 0 Å². The number of carboxylic acid groups (broad SMARTS) is 1. The molecule has 3 unspecified atom stereocenters. The van der Waals surface area contributed by atoms with E-state index in [2.05, 4.69) is 13.8 Å². The molecule has 0 aliphatic rings. The minimum Gasteiger partial charge on any atom is -0.480 e. The van der Waals surface area contributed by atoms with Gasteiger partial charge in [-0.25, -0.2) is 4.57 Å². The molecule has 63 heavy (non-hydrogen) atoms. The lowest BCUT2D eigenvalue weighted by atomic mass is 10.0. The van der Waals surface area contributed by atoms with E-state index in [0.717, 1.165) is 38.5 Å². The van der Waals surface area contributed by atoms with Gasteiger partial charge in [-0.15, -0.1) is 0 Å². The number of phosphoric ester groups is 1. The molecule has 0 fully saturated rings. The Bertz CT molecular complexity index is 1020. The van der Waals surface area contributed by atoms with Crippen LogP contribution < -0.4 is 5.73 Å². The van der Waals surface area contributed by atoms with Gasteiger partial charge in [-0.2, -0.15) is 0 Å². The third-order valence-electron chi connectivity index (χ3n) is 12.4. The van der Waals surface area contributed by atoms with Crippen LogP contribution in [0.5, 0.6) is 0 Å². The van der Waals surface area contributed by atoms with Crippen molar-refractivity contribution >= 4 is 19.8 Å². The van der Waals surface area contributed by atoms with Gasteiger partial charge in [-0.3, -0.25) is 18.6 Å². The zero-order valence-electron chi connectivity index (χ0n) is 41.5. The molecule has 3 atom stereocenters. The molecule has 376 valence electrons. The van der Waals surface area contributed by atoms with Gasteiger partial charge >= 0.3 is 19.8 Å². The molecule has 0 aliphatic heterocycles. The highest BCUT2D eigenvalue weighted by molar-refractivity contribution is 7.47. The minimum atomic E-state index is -4.62. The average molecular weight is 918 g/mol. The number of ether oxygens (including phenoxy) is 2. The first-order valence-corrected chi connectivity index (χ1v) is 28.6. The second-order valence-corrected chi connectivity index (χ2v) is 20.2. The Kier molecular flexibility index (Phi) is 48.1. The SMILES string of the molecule is CCCCCCCCCCCCCCCCCCCCCCCOCC(COP(=O)(O)OCC(N)C(=O)O)OC(=O)CCCCCCCCCCCCCCCCCCCCCC. The summed E-state index contributed by atoms with van der Waals surface area (Å²) in [5.41, 5.74) is 5.38. The van der Waals surface area contributed by atoms with Crippen molar-refractivity contribution in [3.63, 3.8) is 0 Å². The Hall–Kier alpha value is -1.03. The molecule has 0 aromatic rings. The predicted octanol–water partition coefficient (Wildman–Crippen LogP) is 15.9. The van der Waals surface area contributed by atoms with Crippen LogP contribution in [0.2, 0.25) is 0 Å². The fourth-order valence-corrected chi connectivity index (χ4v) is 8.97. The maximum Gasteiger partial charge on any atom is 0.472 e. The molecule has 10 nitrogen and oxygen atoms in total. The maximum atomic E-state index is 12.7. The third-order valence-corrected chi connectivity index (χ3v) is 13.3. The van der Waals surface area contributed by atoms with Crippen LogP contribution in [0.15, 0.2) is 0 Å². The molecule has 0 heterocycles. The molecule has 0 amide bonds. The zero-order chi connectivity index (χ0) is 46.2. The highest BCUT2D eigenvalue weighted by Gasteiger charge is 2.27. The van der Waals surface area contributed by atoms with Crippen molar-refractivity contribution in [2.24, 2.45) is 5.73 Å². The minimum absolute atomic E-state index is 0.0266. The van der Waals surface area contributed by atoms with Crippen LogP contribution in [0.1, 0.15) is 284 Å². The topological polar surface area (TPSA) is 155 Å². The normalized spacial score (nSPS) is 13.6. The van der Waals surface area contributed by atoms with Gasteiger partial charge in [-0.05, 0) is 12.8 Å². The fraction of sp³-hybridized carbons (Fsp3) is 0.962. The van der Waals surface area contributed by atoms with Crippen molar-refractivity contribution < 1.29 is 42.7 Å². The molecule has 0 aromatic heterocycles. The van der Waals surface area contributed by atoms with E-state index in [1.807, 2.05) is 0 Å². The average Bonchev–Trinajstić information content (AvgIpc) is 3.26. The molecule has 0 spiro atoms. The Morgan fingerprint density at radius 3 is 1.05 bits per heavy atom. The maximum absolute atomic E-state index is 12.7. The molecule has 11 heteroatoms. The number of phosphoric acid groups is 1. The van der Waals surface area contributed by atoms with Gasteiger partial charge in [0.15, 0.2) is 0 Å². The predicted molar refractivity (Wildman–Crippen MR) is 263 cm³/mol. The fourth-order valence-electron chi connectivity index (χ4n) is 8.20. The number of carbonyl (C=O) groups excluding carboxylic acids is 1. The Balaban J connectivity index is 4.05. The first-order valence-electron chi connectivity index (χ1n) is 27.1. The standard InChI is InChI=1S/C52H104NO9P/c1-3-5-7-9-11-13-15-17-19-21-23-25-27-29-31-33-35-37-39-41-43-45-59-46-49(47-60-63(57,58)61-48-50(53)52(55)56)62-51(54)44-42-40-38-36-34-32-30-28-26-24-22-20-18-16-14-12-10-8-6-4-2/h49-50H,3-48,53H2,1-2H3,(H,55,56)(H,57,58). The number of nitrogens with two attached hydrogens (primary N) is 1. The highest BCUT2D eigenvalue weighted by atomic mass is 31.2. The summed E-state index contributed by atoms with van der Waals surface area (Å²) in [6.07, 6.45) is 53.1. The Morgan fingerprint density at radius 2 is 0.730 bits per heavy atom. The van der Waals surface area contributed by atoms with Gasteiger partial charge in [0.05, 0.1) is 19.8 Å².